The molecule has 1 rings (SSSR count). The smallest absolute Gasteiger partial charge is 0.216 e. The molecule has 3 nitrogen and oxygen atoms in total. The summed E-state index contributed by atoms with van der Waals surface area (Å²) in [7, 11) is 0. The van der Waals surface area contributed by atoms with Crippen LogP contribution in [0, 0.1) is 0 Å². The van der Waals surface area contributed by atoms with Gasteiger partial charge in [-0.3, -0.25) is 4.79 Å². The van der Waals surface area contributed by atoms with Crippen LogP contribution in [0.25, 0.3) is 0 Å². The topological polar surface area (TPSA) is 57.5 Å². The average Bonchev–Trinajstić information content (AvgIpc) is 2.16. The number of halogens is 3. The molecule has 0 spiro atoms. The quantitative estimate of drug-likeness (QED) is 0.662. The second-order valence-corrected chi connectivity index (χ2v) is 5.57. The molecular formula is C10H9Cl3O3. The van der Waals surface area contributed by atoms with Crippen molar-refractivity contribution in [2.45, 2.75) is 16.3 Å². The summed E-state index contributed by atoms with van der Waals surface area (Å²) in [5.41, 5.74) is 0.0933. The Labute approximate surface area is 108 Å². The van der Waals surface area contributed by atoms with E-state index in [4.69, 9.17) is 34.8 Å². The molecule has 16 heavy (non-hydrogen) atoms. The van der Waals surface area contributed by atoms with Gasteiger partial charge in [-0.05, 0) is 12.1 Å². The van der Waals surface area contributed by atoms with Crippen LogP contribution in [-0.2, 0) is 0 Å². The van der Waals surface area contributed by atoms with Crippen LogP contribution in [0.5, 0.6) is 5.75 Å². The molecule has 0 saturated heterocycles. The number of phenolic OH excluding ortho intramolecular Hbond substituents is 1. The molecule has 0 aliphatic rings. The molecule has 0 amide bonds. The van der Waals surface area contributed by atoms with Gasteiger partial charge in [-0.15, -0.1) is 0 Å². The van der Waals surface area contributed by atoms with E-state index in [1.165, 1.54) is 12.1 Å². The molecule has 1 aromatic carbocycles. The molecule has 2 N–H and O–H groups in total. The van der Waals surface area contributed by atoms with E-state index in [1.54, 1.807) is 12.1 Å². The van der Waals surface area contributed by atoms with E-state index in [0.717, 1.165) is 0 Å². The lowest BCUT2D eigenvalue weighted by atomic mass is 10.0. The number of phenols is 1. The fourth-order valence-electron chi connectivity index (χ4n) is 1.11. The summed E-state index contributed by atoms with van der Waals surface area (Å²) < 4.78 is -1.92. The molecule has 0 saturated carbocycles. The first kappa shape index (κ1) is 13.6. The largest absolute Gasteiger partial charge is 0.507 e. The molecule has 0 aromatic heterocycles. The third-order valence-electron chi connectivity index (χ3n) is 1.96. The second-order valence-electron chi connectivity index (χ2n) is 3.20. The highest BCUT2D eigenvalue weighted by molar-refractivity contribution is 6.68. The summed E-state index contributed by atoms with van der Waals surface area (Å²) in [6.45, 7) is 0. The highest BCUT2D eigenvalue weighted by atomic mass is 35.6. The van der Waals surface area contributed by atoms with Crippen molar-refractivity contribution in [2.24, 2.45) is 0 Å². The van der Waals surface area contributed by atoms with Crippen LogP contribution in [0.2, 0.25) is 0 Å². The highest BCUT2D eigenvalue weighted by Gasteiger charge is 2.33. The first-order chi connectivity index (χ1) is 7.32. The summed E-state index contributed by atoms with van der Waals surface area (Å²) in [6, 6.07) is 5.98. The average molecular weight is 284 g/mol. The molecule has 0 bridgehead atoms. The maximum Gasteiger partial charge on any atom is 0.216 e. The van der Waals surface area contributed by atoms with Crippen molar-refractivity contribution >= 4 is 40.6 Å². The molecule has 1 unspecified atom stereocenters. The van der Waals surface area contributed by atoms with Crippen LogP contribution in [-0.4, -0.2) is 25.9 Å². The molecule has 0 aliphatic carbocycles. The Morgan fingerprint density at radius 2 is 1.88 bits per heavy atom. The van der Waals surface area contributed by atoms with Gasteiger partial charge in [-0.2, -0.15) is 0 Å². The molecule has 0 fully saturated rings. The fraction of sp³-hybridized carbons (Fsp3) is 0.300. The third-order valence-corrected chi connectivity index (χ3v) is 2.72. The molecule has 0 heterocycles. The van der Waals surface area contributed by atoms with Gasteiger partial charge >= 0.3 is 0 Å². The van der Waals surface area contributed by atoms with Gasteiger partial charge in [0.2, 0.25) is 3.79 Å². The number of aromatic hydroxyl groups is 1. The number of aliphatic hydroxyl groups is 1. The second kappa shape index (κ2) is 5.23. The number of benzene rings is 1. The van der Waals surface area contributed by atoms with Crippen LogP contribution >= 0.6 is 34.8 Å². The number of carbonyl (C=O) groups excluding carboxylic acids is 1. The van der Waals surface area contributed by atoms with Crippen LogP contribution < -0.4 is 0 Å². The van der Waals surface area contributed by atoms with Gasteiger partial charge in [-0.25, -0.2) is 0 Å². The predicted molar refractivity (Wildman–Crippen MR) is 63.4 cm³/mol. The lowest BCUT2D eigenvalue weighted by Gasteiger charge is -2.18. The third kappa shape index (κ3) is 3.52. The van der Waals surface area contributed by atoms with Crippen molar-refractivity contribution in [2.75, 3.05) is 0 Å². The standard InChI is InChI=1S/C10H9Cl3O3/c11-10(12,13)9(16)5-8(15)6-3-1-2-4-7(6)14/h1-4,9,14,16H,5H2. The number of rotatable bonds is 3. The SMILES string of the molecule is O=C(CC(O)C(Cl)(Cl)Cl)c1ccccc1O. The first-order valence-electron chi connectivity index (χ1n) is 4.38. The Morgan fingerprint density at radius 1 is 1.31 bits per heavy atom. The van der Waals surface area contributed by atoms with Crippen molar-refractivity contribution in [1.82, 2.24) is 0 Å². The molecular weight excluding hydrogens is 274 g/mol. The maximum atomic E-state index is 11.6. The molecule has 1 atom stereocenters. The van der Waals surface area contributed by atoms with E-state index >= 15 is 0 Å². The minimum absolute atomic E-state index is 0.0933. The van der Waals surface area contributed by atoms with Gasteiger partial charge in [0.05, 0.1) is 5.56 Å². The number of carbonyl (C=O) groups is 1. The van der Waals surface area contributed by atoms with Crippen LogP contribution in [0.3, 0.4) is 0 Å². The Kier molecular flexibility index (Phi) is 4.44. The number of alkyl halides is 3. The summed E-state index contributed by atoms with van der Waals surface area (Å²) in [5.74, 6) is -0.652. The number of hydrogen-bond acceptors (Lipinski definition) is 3. The first-order valence-corrected chi connectivity index (χ1v) is 5.51. The zero-order valence-corrected chi connectivity index (χ0v) is 10.3. The molecule has 1 aromatic rings. The van der Waals surface area contributed by atoms with E-state index in [-0.39, 0.29) is 17.7 Å². The van der Waals surface area contributed by atoms with Crippen LogP contribution in [0.15, 0.2) is 24.3 Å². The van der Waals surface area contributed by atoms with Crippen molar-refractivity contribution in [3.8, 4) is 5.75 Å². The lowest BCUT2D eigenvalue weighted by Crippen LogP contribution is -2.28. The summed E-state index contributed by atoms with van der Waals surface area (Å²) in [6.07, 6.45) is -1.78. The van der Waals surface area contributed by atoms with Crippen molar-refractivity contribution < 1.29 is 15.0 Å². The van der Waals surface area contributed by atoms with Crippen molar-refractivity contribution in [3.05, 3.63) is 29.8 Å². The molecule has 88 valence electrons. The number of Topliss-reactive ketones (excluding diaryl/α,β-unsaturated/α-hetero) is 1. The fourth-order valence-corrected chi connectivity index (χ4v) is 1.34. The van der Waals surface area contributed by atoms with Gasteiger partial charge in [-0.1, -0.05) is 46.9 Å². The van der Waals surface area contributed by atoms with E-state index < -0.39 is 15.7 Å². The number of para-hydroxylation sites is 1. The van der Waals surface area contributed by atoms with Crippen LogP contribution in [0.4, 0.5) is 0 Å². The van der Waals surface area contributed by atoms with Crippen LogP contribution in [0.1, 0.15) is 16.8 Å². The summed E-state index contributed by atoms with van der Waals surface area (Å²) in [4.78, 5) is 11.6. The highest BCUT2D eigenvalue weighted by Crippen LogP contribution is 2.33. The predicted octanol–water partition coefficient (Wildman–Crippen LogP) is 2.70. The summed E-state index contributed by atoms with van der Waals surface area (Å²) >= 11 is 16.3. The van der Waals surface area contributed by atoms with Gasteiger partial charge in [0.15, 0.2) is 5.78 Å². The van der Waals surface area contributed by atoms with Gasteiger partial charge in [0.25, 0.3) is 0 Å². The Bertz CT molecular complexity index is 387. The van der Waals surface area contributed by atoms with Crippen molar-refractivity contribution in [1.29, 1.82) is 0 Å². The number of aliphatic hydroxyl groups excluding tert-OH is 1. The minimum Gasteiger partial charge on any atom is -0.507 e. The maximum absolute atomic E-state index is 11.6. The monoisotopic (exact) mass is 282 g/mol. The Morgan fingerprint density at radius 3 is 2.38 bits per heavy atom. The molecule has 6 heteroatoms. The molecule has 0 radical (unpaired) electrons. The van der Waals surface area contributed by atoms with Gasteiger partial charge < -0.3 is 10.2 Å². The van der Waals surface area contributed by atoms with E-state index in [2.05, 4.69) is 0 Å². The Hall–Kier alpha value is -0.480. The minimum atomic E-state index is -1.92. The van der Waals surface area contributed by atoms with Gasteiger partial charge in [0, 0.05) is 6.42 Å². The van der Waals surface area contributed by atoms with Crippen molar-refractivity contribution in [3.63, 3.8) is 0 Å². The zero-order chi connectivity index (χ0) is 12.3. The van der Waals surface area contributed by atoms with Gasteiger partial charge in [0.1, 0.15) is 11.9 Å². The van der Waals surface area contributed by atoms with E-state index in [0.29, 0.717) is 0 Å². The zero-order valence-electron chi connectivity index (χ0n) is 8.03. The Balaban J connectivity index is 2.78. The number of ketones is 1. The normalized spacial score (nSPS) is 13.5. The molecule has 0 aliphatic heterocycles. The van der Waals surface area contributed by atoms with E-state index in [9.17, 15) is 15.0 Å². The summed E-state index contributed by atoms with van der Waals surface area (Å²) in [5, 5.41) is 18.8. The number of hydrogen-bond donors (Lipinski definition) is 2. The lowest BCUT2D eigenvalue weighted by molar-refractivity contribution is 0.0882. The van der Waals surface area contributed by atoms with E-state index in [1.807, 2.05) is 0 Å².